The first kappa shape index (κ1) is 20.7. The summed E-state index contributed by atoms with van der Waals surface area (Å²) in [6, 6.07) is 16.6. The lowest BCUT2D eigenvalue weighted by Crippen LogP contribution is -2.03. The van der Waals surface area contributed by atoms with Gasteiger partial charge in [0.2, 0.25) is 0 Å². The van der Waals surface area contributed by atoms with E-state index in [-0.39, 0.29) is 11.4 Å². The summed E-state index contributed by atoms with van der Waals surface area (Å²) >= 11 is -2.61. The number of hydrogen-bond acceptors (Lipinski definition) is 8. The van der Waals surface area contributed by atoms with Crippen molar-refractivity contribution in [2.45, 2.75) is 0 Å². The molecule has 0 aliphatic rings. The lowest BCUT2D eigenvalue weighted by atomic mass is 10.2. The Morgan fingerprint density at radius 1 is 0.833 bits per heavy atom. The van der Waals surface area contributed by atoms with Crippen molar-refractivity contribution in [2.24, 2.45) is 0 Å². The van der Waals surface area contributed by atoms with Gasteiger partial charge < -0.3 is 14.8 Å². The molecule has 1 atom stereocenters. The van der Waals surface area contributed by atoms with E-state index >= 15 is 0 Å². The smallest absolute Gasteiger partial charge is 0.357 e. The predicted molar refractivity (Wildman–Crippen MR) is 111 cm³/mol. The van der Waals surface area contributed by atoms with E-state index < -0.39 is 32.6 Å². The zero-order chi connectivity index (χ0) is 21.7. The van der Waals surface area contributed by atoms with Crippen molar-refractivity contribution in [3.8, 4) is 5.75 Å². The minimum Gasteiger partial charge on any atom is -0.378 e. The van der Waals surface area contributed by atoms with Gasteiger partial charge in [0.25, 0.3) is 11.4 Å². The van der Waals surface area contributed by atoms with Crippen LogP contribution >= 0.6 is 0 Å². The van der Waals surface area contributed by atoms with Crippen LogP contribution in [0.25, 0.3) is 0 Å². The number of nitro benzene ring substituents is 2. The van der Waals surface area contributed by atoms with Gasteiger partial charge in [0, 0.05) is 23.5 Å². The maximum Gasteiger partial charge on any atom is 0.357 e. The van der Waals surface area contributed by atoms with Crippen molar-refractivity contribution in [2.75, 3.05) is 10.6 Å². The second-order valence-corrected chi connectivity index (χ2v) is 6.44. The number of non-ortho nitro benzene ring substituents is 1. The maximum atomic E-state index is 11.3. The average molecular weight is 430 g/mol. The molecule has 3 N–H and O–H groups in total. The Hall–Kier alpha value is -4.03. The topological polar surface area (TPSA) is 157 Å². The summed E-state index contributed by atoms with van der Waals surface area (Å²) in [5.74, 6) is 0.00857. The molecule has 154 valence electrons. The SMILES string of the molecule is O=[N+]([O-])c1ccc(Nc2ccc(Nc3ccccc3)c(OS(=O)O)c2)c([N+](=O)[O-])c1. The van der Waals surface area contributed by atoms with Crippen molar-refractivity contribution in [1.82, 2.24) is 0 Å². The highest BCUT2D eigenvalue weighted by Gasteiger charge is 2.20. The van der Waals surface area contributed by atoms with Gasteiger partial charge in [-0.05, 0) is 30.3 Å². The van der Waals surface area contributed by atoms with Crippen LogP contribution in [0.2, 0.25) is 0 Å². The Balaban J connectivity index is 1.94. The van der Waals surface area contributed by atoms with Gasteiger partial charge in [0.05, 0.1) is 21.6 Å². The number of anilines is 4. The molecule has 0 aliphatic heterocycles. The molecule has 30 heavy (non-hydrogen) atoms. The number of benzene rings is 3. The van der Waals surface area contributed by atoms with Crippen LogP contribution in [-0.2, 0) is 11.4 Å². The molecule has 0 bridgehead atoms. The van der Waals surface area contributed by atoms with Crippen molar-refractivity contribution in [1.29, 1.82) is 0 Å². The van der Waals surface area contributed by atoms with Gasteiger partial charge in [-0.15, -0.1) is 0 Å². The third-order valence-corrected chi connectivity index (χ3v) is 4.19. The zero-order valence-corrected chi connectivity index (χ0v) is 15.9. The molecule has 0 spiro atoms. The summed E-state index contributed by atoms with van der Waals surface area (Å²) in [6.45, 7) is 0. The molecule has 0 aliphatic carbocycles. The molecule has 3 aromatic carbocycles. The van der Waals surface area contributed by atoms with E-state index in [4.69, 9.17) is 8.74 Å². The molecule has 0 aromatic heterocycles. The molecule has 3 rings (SSSR count). The summed E-state index contributed by atoms with van der Waals surface area (Å²) in [5.41, 5.74) is 0.472. The fourth-order valence-electron chi connectivity index (χ4n) is 2.57. The fraction of sp³-hybridized carbons (Fsp3) is 0. The summed E-state index contributed by atoms with van der Waals surface area (Å²) in [7, 11) is 0. The summed E-state index contributed by atoms with van der Waals surface area (Å²) in [5, 5.41) is 28.0. The minimum atomic E-state index is -2.61. The first-order valence-electron chi connectivity index (χ1n) is 8.28. The lowest BCUT2D eigenvalue weighted by molar-refractivity contribution is -0.393. The van der Waals surface area contributed by atoms with E-state index in [1.165, 1.54) is 12.1 Å². The van der Waals surface area contributed by atoms with Crippen LogP contribution in [0.5, 0.6) is 5.75 Å². The van der Waals surface area contributed by atoms with Crippen molar-refractivity contribution in [3.05, 3.63) is 87.0 Å². The molecular weight excluding hydrogens is 416 g/mol. The van der Waals surface area contributed by atoms with Gasteiger partial charge in [-0.2, -0.15) is 4.21 Å². The fourth-order valence-corrected chi connectivity index (χ4v) is 2.86. The van der Waals surface area contributed by atoms with Crippen LogP contribution in [-0.4, -0.2) is 18.6 Å². The molecule has 3 aromatic rings. The molecular formula is C18H14N4O7S. The second-order valence-electron chi connectivity index (χ2n) is 5.84. The van der Waals surface area contributed by atoms with E-state index in [1.54, 1.807) is 36.4 Å². The Labute approximate surface area is 172 Å². The number of nitro groups is 2. The number of rotatable bonds is 8. The van der Waals surface area contributed by atoms with Crippen LogP contribution in [0.3, 0.4) is 0 Å². The molecule has 0 fully saturated rings. The highest BCUT2D eigenvalue weighted by atomic mass is 32.2. The lowest BCUT2D eigenvalue weighted by Gasteiger charge is -2.14. The van der Waals surface area contributed by atoms with Gasteiger partial charge in [0.1, 0.15) is 5.69 Å². The third-order valence-electron chi connectivity index (χ3n) is 3.86. The van der Waals surface area contributed by atoms with Crippen molar-refractivity contribution >= 4 is 45.5 Å². The molecule has 0 heterocycles. The van der Waals surface area contributed by atoms with Crippen molar-refractivity contribution < 1.29 is 22.8 Å². The highest BCUT2D eigenvalue weighted by Crippen LogP contribution is 2.35. The highest BCUT2D eigenvalue weighted by molar-refractivity contribution is 7.74. The molecule has 0 amide bonds. The average Bonchev–Trinajstić information content (AvgIpc) is 2.70. The van der Waals surface area contributed by atoms with E-state index in [2.05, 4.69) is 10.6 Å². The van der Waals surface area contributed by atoms with Gasteiger partial charge in [-0.25, -0.2) is 0 Å². The summed E-state index contributed by atoms with van der Waals surface area (Å²) < 4.78 is 25.2. The van der Waals surface area contributed by atoms with Crippen molar-refractivity contribution in [3.63, 3.8) is 0 Å². The molecule has 0 saturated heterocycles. The normalized spacial score (nSPS) is 11.4. The molecule has 12 heteroatoms. The minimum absolute atomic E-state index is 0.00504. The standard InChI is InChI=1S/C18H14N4O7S/c23-21(24)14-7-9-15(17(11-14)22(25)26)20-13-6-8-16(18(10-13)29-30(27)28)19-12-4-2-1-3-5-12/h1-11,19-20H,(H,27,28). The largest absolute Gasteiger partial charge is 0.378 e. The Morgan fingerprint density at radius 3 is 2.13 bits per heavy atom. The quantitative estimate of drug-likeness (QED) is 0.266. The van der Waals surface area contributed by atoms with E-state index in [0.29, 0.717) is 17.1 Å². The van der Waals surface area contributed by atoms with E-state index in [1.807, 2.05) is 6.07 Å². The maximum absolute atomic E-state index is 11.3. The predicted octanol–water partition coefficient (Wildman–Crippen LogP) is 4.51. The first-order valence-corrected chi connectivity index (χ1v) is 9.32. The van der Waals surface area contributed by atoms with Crippen LogP contribution in [0, 0.1) is 20.2 Å². The number of nitrogens with zero attached hydrogens (tertiary/aromatic N) is 2. The Kier molecular flexibility index (Phi) is 6.20. The monoisotopic (exact) mass is 430 g/mol. The van der Waals surface area contributed by atoms with Gasteiger partial charge in [-0.1, -0.05) is 18.2 Å². The second kappa shape index (κ2) is 8.98. The van der Waals surface area contributed by atoms with Crippen LogP contribution in [0.1, 0.15) is 0 Å². The summed E-state index contributed by atoms with van der Waals surface area (Å²) in [6.07, 6.45) is 0. The molecule has 0 radical (unpaired) electrons. The number of nitrogens with one attached hydrogen (secondary N) is 2. The number of para-hydroxylation sites is 1. The third kappa shape index (κ3) is 5.06. The van der Waals surface area contributed by atoms with Gasteiger partial charge in [-0.3, -0.25) is 24.8 Å². The summed E-state index contributed by atoms with van der Waals surface area (Å²) in [4.78, 5) is 20.7. The van der Waals surface area contributed by atoms with Crippen LogP contribution < -0.4 is 14.8 Å². The van der Waals surface area contributed by atoms with Crippen LogP contribution in [0.15, 0.2) is 66.7 Å². The molecule has 1 unspecified atom stereocenters. The van der Waals surface area contributed by atoms with Gasteiger partial charge in [0.15, 0.2) is 5.75 Å². The molecule has 0 saturated carbocycles. The van der Waals surface area contributed by atoms with E-state index in [9.17, 15) is 24.4 Å². The Bertz CT molecular complexity index is 1120. The zero-order valence-electron chi connectivity index (χ0n) is 15.1. The first-order chi connectivity index (χ1) is 14.3. The van der Waals surface area contributed by atoms with E-state index in [0.717, 1.165) is 12.1 Å². The van der Waals surface area contributed by atoms with Crippen LogP contribution in [0.4, 0.5) is 34.1 Å². The molecule has 11 nitrogen and oxygen atoms in total. The Morgan fingerprint density at radius 2 is 1.50 bits per heavy atom. The van der Waals surface area contributed by atoms with Gasteiger partial charge >= 0.3 is 11.4 Å². The number of hydrogen-bond donors (Lipinski definition) is 3.